The zero-order valence-corrected chi connectivity index (χ0v) is 14.1. The predicted molar refractivity (Wildman–Crippen MR) is 69.7 cm³/mol. The summed E-state index contributed by atoms with van der Waals surface area (Å²) in [5.74, 6) is 0. The first kappa shape index (κ1) is 17.7. The van der Waals surface area contributed by atoms with Crippen molar-refractivity contribution in [2.24, 2.45) is 0 Å². The fourth-order valence-electron chi connectivity index (χ4n) is 1.75. The summed E-state index contributed by atoms with van der Waals surface area (Å²) in [6.07, 6.45) is 0. The molecule has 2 aromatic rings. The molecule has 1 aliphatic heterocycles. The number of benzene rings is 2. The number of halogens is 4. The molecule has 0 N–H and O–H groups in total. The quantitative estimate of drug-likeness (QED) is 0.267. The lowest BCUT2D eigenvalue weighted by Crippen LogP contribution is -3.61. The molecular weight excluding hydrogens is 446 g/mol. The van der Waals surface area contributed by atoms with Crippen LogP contribution in [0.4, 0.5) is 13.2 Å². The van der Waals surface area contributed by atoms with Gasteiger partial charge in [-0.15, -0.1) is 0 Å². The number of fused-ring (bicyclic) bond motifs is 3. The molecule has 4 nitrogen and oxygen atoms in total. The lowest BCUT2D eigenvalue weighted by molar-refractivity contribution is -0.589. The Morgan fingerprint density at radius 1 is 1.04 bits per heavy atom. The highest BCUT2D eigenvalue weighted by atomic mass is 127. The zero-order valence-electron chi connectivity index (χ0n) is 11.1. The first-order valence-electron chi connectivity index (χ1n) is 5.94. The molecule has 0 spiro atoms. The Morgan fingerprint density at radius 2 is 1.61 bits per heavy atom. The highest BCUT2D eigenvalue weighted by molar-refractivity contribution is 7.86. The molecule has 9 heteroatoms. The van der Waals surface area contributed by atoms with Gasteiger partial charge in [-0.25, -0.2) is 8.42 Å². The summed E-state index contributed by atoms with van der Waals surface area (Å²) in [6, 6.07) is 16.8. The third kappa shape index (κ3) is 4.01. The summed E-state index contributed by atoms with van der Waals surface area (Å²) < 4.78 is 61.8. The van der Waals surface area contributed by atoms with Gasteiger partial charge in [0.25, 0.3) is 0 Å². The van der Waals surface area contributed by atoms with E-state index in [1.165, 1.54) is 18.3 Å². The van der Waals surface area contributed by atoms with Gasteiger partial charge in [0.15, 0.2) is 10.1 Å². The SMILES string of the molecule is N#Cc1ccc2c(c1)[I+]c1ccccc1-2.O=S(=O)([O-])C(F)(F)F. The van der Waals surface area contributed by atoms with Crippen LogP contribution in [-0.4, -0.2) is 18.5 Å². The monoisotopic (exact) mass is 453 g/mol. The largest absolute Gasteiger partial charge is 0.741 e. The second kappa shape index (κ2) is 6.46. The lowest BCUT2D eigenvalue weighted by atomic mass is 10.0. The van der Waals surface area contributed by atoms with Crippen molar-refractivity contribution in [3.05, 3.63) is 55.2 Å². The molecule has 0 unspecified atom stereocenters. The molecule has 1 aliphatic rings. The van der Waals surface area contributed by atoms with Crippen LogP contribution in [0.1, 0.15) is 5.56 Å². The van der Waals surface area contributed by atoms with Gasteiger partial charge in [0.1, 0.15) is 0 Å². The van der Waals surface area contributed by atoms with E-state index in [9.17, 15) is 13.2 Å². The topological polar surface area (TPSA) is 81.0 Å². The summed E-state index contributed by atoms with van der Waals surface area (Å²) in [5.41, 5.74) is -2.17. The van der Waals surface area contributed by atoms with Crippen LogP contribution in [0, 0.1) is 18.5 Å². The molecule has 0 atom stereocenters. The van der Waals surface area contributed by atoms with Crippen LogP contribution < -0.4 is 21.2 Å². The van der Waals surface area contributed by atoms with E-state index >= 15 is 0 Å². The van der Waals surface area contributed by atoms with E-state index < -0.39 is 15.6 Å². The van der Waals surface area contributed by atoms with E-state index in [0.717, 1.165) is 5.56 Å². The molecule has 23 heavy (non-hydrogen) atoms. The Labute approximate surface area is 140 Å². The van der Waals surface area contributed by atoms with E-state index in [1.807, 2.05) is 12.1 Å². The summed E-state index contributed by atoms with van der Waals surface area (Å²) in [5, 5.41) is 8.85. The van der Waals surface area contributed by atoms with Gasteiger partial charge in [0.05, 0.1) is 11.6 Å². The maximum atomic E-state index is 10.7. The number of nitriles is 1. The Hall–Kier alpha value is -1.64. The molecule has 0 radical (unpaired) electrons. The Morgan fingerprint density at radius 3 is 2.17 bits per heavy atom. The smallest absolute Gasteiger partial charge is 0.485 e. The molecule has 0 saturated heterocycles. The third-order valence-electron chi connectivity index (χ3n) is 2.75. The Balaban J connectivity index is 0.000000207. The van der Waals surface area contributed by atoms with Gasteiger partial charge < -0.3 is 4.55 Å². The molecule has 1 heterocycles. The van der Waals surface area contributed by atoms with Crippen molar-refractivity contribution in [2.45, 2.75) is 5.51 Å². The highest BCUT2D eigenvalue weighted by Crippen LogP contribution is 2.22. The van der Waals surface area contributed by atoms with Crippen LogP contribution in [0.3, 0.4) is 0 Å². The maximum Gasteiger partial charge on any atom is 0.485 e. The van der Waals surface area contributed by atoms with Crippen LogP contribution in [0.25, 0.3) is 11.1 Å². The van der Waals surface area contributed by atoms with Crippen LogP contribution in [0.2, 0.25) is 0 Å². The maximum absolute atomic E-state index is 10.7. The standard InChI is InChI=1S/C13H7IN.CHF3O3S/c15-8-9-5-6-11-10-3-1-2-4-12(10)14-13(11)7-9;2-1(3,4)8(5,6)7/h1-7H;(H,5,6,7)/q+1;/p-1. The van der Waals surface area contributed by atoms with Gasteiger partial charge in [-0.3, -0.25) is 0 Å². The minimum atomic E-state index is -6.09. The molecule has 2 aromatic carbocycles. The van der Waals surface area contributed by atoms with E-state index in [1.54, 1.807) is 0 Å². The van der Waals surface area contributed by atoms with Gasteiger partial charge >= 0.3 is 26.7 Å². The molecule has 0 saturated carbocycles. The van der Waals surface area contributed by atoms with Crippen LogP contribution in [0.15, 0.2) is 42.5 Å². The fraction of sp³-hybridized carbons (Fsp3) is 0.0714. The van der Waals surface area contributed by atoms with Crippen LogP contribution in [0.5, 0.6) is 0 Å². The van der Waals surface area contributed by atoms with E-state index in [4.69, 9.17) is 18.2 Å². The molecule has 0 fully saturated rings. The predicted octanol–water partition coefficient (Wildman–Crippen LogP) is -0.282. The van der Waals surface area contributed by atoms with Gasteiger partial charge in [-0.05, 0) is 24.3 Å². The summed E-state index contributed by atoms with van der Waals surface area (Å²) in [4.78, 5) is 0. The molecule has 0 amide bonds. The van der Waals surface area contributed by atoms with Gasteiger partial charge in [-0.2, -0.15) is 18.4 Å². The van der Waals surface area contributed by atoms with Crippen LogP contribution in [-0.2, 0) is 10.1 Å². The van der Waals surface area contributed by atoms with E-state index in [-0.39, 0.29) is 21.2 Å². The summed E-state index contributed by atoms with van der Waals surface area (Å²) in [6.45, 7) is 0. The van der Waals surface area contributed by atoms with Crippen LogP contribution >= 0.6 is 0 Å². The minimum Gasteiger partial charge on any atom is -0.741 e. The van der Waals surface area contributed by atoms with Crippen molar-refractivity contribution in [3.63, 3.8) is 0 Å². The molecule has 3 rings (SSSR count). The molecule has 0 bridgehead atoms. The average molecular weight is 453 g/mol. The average Bonchev–Trinajstić information content (AvgIpc) is 2.83. The van der Waals surface area contributed by atoms with Crippen molar-refractivity contribution >= 4 is 10.1 Å². The first-order valence-corrected chi connectivity index (χ1v) is 9.50. The fourth-order valence-corrected chi connectivity index (χ4v) is 4.78. The van der Waals surface area contributed by atoms with Crippen molar-refractivity contribution in [1.82, 2.24) is 0 Å². The Kier molecular flexibility index (Phi) is 4.98. The number of hydrogen-bond acceptors (Lipinski definition) is 4. The number of rotatable bonds is 0. The minimum absolute atomic E-state index is 0.0712. The highest BCUT2D eigenvalue weighted by Gasteiger charge is 2.37. The van der Waals surface area contributed by atoms with Gasteiger partial charge in [0, 0.05) is 17.2 Å². The van der Waals surface area contributed by atoms with Crippen molar-refractivity contribution in [1.29, 1.82) is 5.26 Å². The van der Waals surface area contributed by atoms with E-state index in [0.29, 0.717) is 0 Å². The van der Waals surface area contributed by atoms with Gasteiger partial charge in [-0.1, -0.05) is 12.1 Å². The zero-order chi connectivity index (χ0) is 17.3. The summed E-state index contributed by atoms with van der Waals surface area (Å²) in [7, 11) is -6.09. The normalized spacial score (nSPS) is 12.5. The number of alkyl halides is 3. The van der Waals surface area contributed by atoms with E-state index in [2.05, 4.69) is 36.4 Å². The number of nitrogens with zero attached hydrogens (tertiary/aromatic N) is 1. The molecule has 0 aliphatic carbocycles. The third-order valence-corrected chi connectivity index (χ3v) is 6.31. The van der Waals surface area contributed by atoms with Crippen molar-refractivity contribution in [2.75, 3.05) is 0 Å². The van der Waals surface area contributed by atoms with Crippen molar-refractivity contribution in [3.8, 4) is 17.2 Å². The van der Waals surface area contributed by atoms with Gasteiger partial charge in [0.2, 0.25) is 7.14 Å². The van der Waals surface area contributed by atoms with Crippen molar-refractivity contribution < 1.29 is 47.3 Å². The lowest BCUT2D eigenvalue weighted by Gasteiger charge is -2.08. The second-order valence-corrected chi connectivity index (χ2v) is 8.52. The number of hydrogen-bond donors (Lipinski definition) is 0. The second-order valence-electron chi connectivity index (χ2n) is 4.28. The first-order chi connectivity index (χ1) is 10.6. The molecule has 120 valence electrons. The Bertz CT molecular complexity index is 889. The molecular formula is C14H7F3INO3S. The molecule has 0 aromatic heterocycles. The summed E-state index contributed by atoms with van der Waals surface area (Å²) >= 11 is -0.0712.